The Bertz CT molecular complexity index is 461. The van der Waals surface area contributed by atoms with Gasteiger partial charge in [0.15, 0.2) is 0 Å². The van der Waals surface area contributed by atoms with E-state index in [2.05, 4.69) is 20.7 Å². The number of benzene rings is 1. The van der Waals surface area contributed by atoms with Crippen LogP contribution in [-0.4, -0.2) is 25.5 Å². The van der Waals surface area contributed by atoms with Gasteiger partial charge in [0.25, 0.3) is 0 Å². The Kier molecular flexibility index (Phi) is 3.47. The van der Waals surface area contributed by atoms with Crippen LogP contribution in [0.5, 0.6) is 0 Å². The molecule has 0 bridgehead atoms. The van der Waals surface area contributed by atoms with Crippen molar-refractivity contribution in [1.29, 1.82) is 0 Å². The van der Waals surface area contributed by atoms with Crippen molar-refractivity contribution in [2.45, 2.75) is 6.42 Å². The van der Waals surface area contributed by atoms with Crippen molar-refractivity contribution in [3.63, 3.8) is 0 Å². The number of methoxy groups -OCH3 is 1. The van der Waals surface area contributed by atoms with E-state index >= 15 is 0 Å². The van der Waals surface area contributed by atoms with E-state index in [9.17, 15) is 9.59 Å². The van der Waals surface area contributed by atoms with Gasteiger partial charge in [-0.2, -0.15) is 0 Å². The fourth-order valence-corrected chi connectivity index (χ4v) is 2.43. The summed E-state index contributed by atoms with van der Waals surface area (Å²) in [5, 5.41) is 0. The molecular weight excluding hydrogens is 286 g/mol. The van der Waals surface area contributed by atoms with Crippen LogP contribution in [0.2, 0.25) is 0 Å². The Morgan fingerprint density at radius 3 is 2.82 bits per heavy atom. The van der Waals surface area contributed by atoms with Crippen LogP contribution in [0.4, 0.5) is 5.69 Å². The molecule has 1 aliphatic heterocycles. The minimum Gasteiger partial charge on any atom is -0.469 e. The second-order valence-corrected chi connectivity index (χ2v) is 4.73. The van der Waals surface area contributed by atoms with Gasteiger partial charge in [-0.15, -0.1) is 0 Å². The molecule has 0 aliphatic carbocycles. The lowest BCUT2D eigenvalue weighted by Gasteiger charge is -2.17. The summed E-state index contributed by atoms with van der Waals surface area (Å²) in [6.45, 7) is 0.383. The quantitative estimate of drug-likeness (QED) is 0.784. The van der Waals surface area contributed by atoms with E-state index in [-0.39, 0.29) is 24.2 Å². The molecule has 1 saturated heterocycles. The maximum Gasteiger partial charge on any atom is 0.311 e. The highest BCUT2D eigenvalue weighted by Crippen LogP contribution is 2.31. The minimum absolute atomic E-state index is 0.0488. The monoisotopic (exact) mass is 297 g/mol. The molecule has 5 heteroatoms. The van der Waals surface area contributed by atoms with E-state index in [1.54, 1.807) is 4.90 Å². The molecule has 1 aromatic rings. The number of carbonyl (C=O) groups excluding carboxylic acids is 2. The number of nitrogens with zero attached hydrogens (tertiary/aromatic N) is 1. The Morgan fingerprint density at radius 2 is 2.18 bits per heavy atom. The number of amides is 1. The van der Waals surface area contributed by atoms with Crippen molar-refractivity contribution >= 4 is 33.5 Å². The van der Waals surface area contributed by atoms with Gasteiger partial charge in [-0.25, -0.2) is 0 Å². The molecule has 1 aromatic carbocycles. The topological polar surface area (TPSA) is 46.6 Å². The number of ether oxygens (including phenoxy) is 1. The number of halogens is 1. The fraction of sp³-hybridized carbons (Fsp3) is 0.333. The highest BCUT2D eigenvalue weighted by molar-refractivity contribution is 9.10. The number of para-hydroxylation sites is 1. The highest BCUT2D eigenvalue weighted by Gasteiger charge is 2.36. The summed E-state index contributed by atoms with van der Waals surface area (Å²) >= 11 is 3.40. The Labute approximate surface area is 108 Å². The SMILES string of the molecule is COC(=O)[C@H]1CC(=O)N(c2ccccc2Br)C1. The first-order valence-electron chi connectivity index (χ1n) is 5.26. The second kappa shape index (κ2) is 4.87. The molecule has 0 saturated carbocycles. The molecule has 0 aromatic heterocycles. The lowest BCUT2D eigenvalue weighted by atomic mass is 10.1. The molecule has 1 fully saturated rings. The molecule has 4 nitrogen and oxygen atoms in total. The molecule has 1 atom stereocenters. The van der Waals surface area contributed by atoms with E-state index in [0.29, 0.717) is 6.54 Å². The molecule has 2 rings (SSSR count). The molecule has 0 unspecified atom stereocenters. The van der Waals surface area contributed by atoms with Gasteiger partial charge in [0.2, 0.25) is 5.91 Å². The number of hydrogen-bond donors (Lipinski definition) is 0. The van der Waals surface area contributed by atoms with E-state index in [4.69, 9.17) is 0 Å². The van der Waals surface area contributed by atoms with Crippen molar-refractivity contribution in [3.8, 4) is 0 Å². The van der Waals surface area contributed by atoms with Crippen molar-refractivity contribution in [2.75, 3.05) is 18.6 Å². The van der Waals surface area contributed by atoms with E-state index in [1.165, 1.54) is 7.11 Å². The van der Waals surface area contributed by atoms with Gasteiger partial charge in [-0.3, -0.25) is 9.59 Å². The summed E-state index contributed by atoms with van der Waals surface area (Å²) in [7, 11) is 1.34. The van der Waals surface area contributed by atoms with Crippen LogP contribution in [0.1, 0.15) is 6.42 Å². The van der Waals surface area contributed by atoms with Gasteiger partial charge < -0.3 is 9.64 Å². The normalized spacial score (nSPS) is 19.5. The summed E-state index contributed by atoms with van der Waals surface area (Å²) in [5.41, 5.74) is 0.795. The van der Waals surface area contributed by atoms with Crippen LogP contribution in [0.15, 0.2) is 28.7 Å². The number of hydrogen-bond acceptors (Lipinski definition) is 3. The third kappa shape index (κ3) is 2.34. The van der Waals surface area contributed by atoms with E-state index in [0.717, 1.165) is 10.2 Å². The number of anilines is 1. The fourth-order valence-electron chi connectivity index (χ4n) is 1.94. The molecule has 0 spiro atoms. The summed E-state index contributed by atoms with van der Waals surface area (Å²) in [6.07, 6.45) is 0.216. The average Bonchev–Trinajstić information content (AvgIpc) is 2.71. The van der Waals surface area contributed by atoms with Crippen molar-refractivity contribution in [2.24, 2.45) is 5.92 Å². The van der Waals surface area contributed by atoms with Gasteiger partial charge in [0.05, 0.1) is 18.7 Å². The third-order valence-electron chi connectivity index (χ3n) is 2.80. The highest BCUT2D eigenvalue weighted by atomic mass is 79.9. The molecule has 0 radical (unpaired) electrons. The number of carbonyl (C=O) groups is 2. The summed E-state index contributed by atoms with van der Waals surface area (Å²) in [4.78, 5) is 24.9. The van der Waals surface area contributed by atoms with Crippen LogP contribution >= 0.6 is 15.9 Å². The smallest absolute Gasteiger partial charge is 0.311 e. The summed E-state index contributed by atoms with van der Waals surface area (Å²) in [6, 6.07) is 7.46. The molecule has 17 heavy (non-hydrogen) atoms. The van der Waals surface area contributed by atoms with E-state index < -0.39 is 0 Å². The zero-order chi connectivity index (χ0) is 12.4. The Hall–Kier alpha value is -1.36. The van der Waals surface area contributed by atoms with Gasteiger partial charge in [0.1, 0.15) is 0 Å². The van der Waals surface area contributed by atoms with Gasteiger partial charge in [-0.1, -0.05) is 12.1 Å². The zero-order valence-electron chi connectivity index (χ0n) is 9.35. The Balaban J connectivity index is 2.22. The average molecular weight is 298 g/mol. The maximum atomic E-state index is 11.9. The minimum atomic E-state index is -0.361. The Morgan fingerprint density at radius 1 is 1.47 bits per heavy atom. The molecule has 1 aliphatic rings. The predicted octanol–water partition coefficient (Wildman–Crippen LogP) is 1.98. The predicted molar refractivity (Wildman–Crippen MR) is 66.6 cm³/mol. The van der Waals surface area contributed by atoms with E-state index in [1.807, 2.05) is 24.3 Å². The first-order chi connectivity index (χ1) is 8.13. The third-order valence-corrected chi connectivity index (χ3v) is 3.47. The van der Waals surface area contributed by atoms with Crippen LogP contribution in [-0.2, 0) is 14.3 Å². The van der Waals surface area contributed by atoms with Gasteiger partial charge >= 0.3 is 5.97 Å². The molecule has 1 heterocycles. The summed E-state index contributed by atoms with van der Waals surface area (Å²) in [5.74, 6) is -0.736. The lowest BCUT2D eigenvalue weighted by molar-refractivity contribution is -0.145. The van der Waals surface area contributed by atoms with Crippen molar-refractivity contribution < 1.29 is 14.3 Å². The maximum absolute atomic E-state index is 11.9. The standard InChI is InChI=1S/C12H12BrNO3/c1-17-12(16)8-6-11(15)14(7-8)10-5-3-2-4-9(10)13/h2-5,8H,6-7H2,1H3/t8-/m0/s1. The van der Waals surface area contributed by atoms with Gasteiger partial charge in [0, 0.05) is 17.4 Å². The van der Waals surface area contributed by atoms with Crippen molar-refractivity contribution in [3.05, 3.63) is 28.7 Å². The summed E-state index contributed by atoms with van der Waals surface area (Å²) < 4.78 is 5.51. The first-order valence-corrected chi connectivity index (χ1v) is 6.05. The van der Waals surface area contributed by atoms with Gasteiger partial charge in [-0.05, 0) is 28.1 Å². The number of esters is 1. The van der Waals surface area contributed by atoms with Crippen LogP contribution in [0.25, 0.3) is 0 Å². The molecule has 1 amide bonds. The number of rotatable bonds is 2. The largest absolute Gasteiger partial charge is 0.469 e. The second-order valence-electron chi connectivity index (χ2n) is 3.88. The zero-order valence-corrected chi connectivity index (χ0v) is 10.9. The lowest BCUT2D eigenvalue weighted by Crippen LogP contribution is -2.26. The van der Waals surface area contributed by atoms with Crippen LogP contribution in [0.3, 0.4) is 0 Å². The molecular formula is C12H12BrNO3. The van der Waals surface area contributed by atoms with Crippen LogP contribution in [0, 0.1) is 5.92 Å². The first kappa shape index (κ1) is 12.1. The van der Waals surface area contributed by atoms with Crippen LogP contribution < -0.4 is 4.90 Å². The molecule has 90 valence electrons. The molecule has 0 N–H and O–H groups in total. The van der Waals surface area contributed by atoms with Crippen molar-refractivity contribution in [1.82, 2.24) is 0 Å².